The maximum atomic E-state index is 5.94. The third-order valence-electron chi connectivity index (χ3n) is 2.41. The largest absolute Gasteiger partial charge is 0.136 e. The van der Waals surface area contributed by atoms with Crippen LogP contribution in [0, 0.1) is 0 Å². The molecule has 0 amide bonds. The molecule has 1 heterocycles. The van der Waals surface area contributed by atoms with Gasteiger partial charge in [0.25, 0.3) is 0 Å². The highest BCUT2D eigenvalue weighted by atomic mass is 35.5. The van der Waals surface area contributed by atoms with Gasteiger partial charge in [-0.15, -0.1) is 11.3 Å². The van der Waals surface area contributed by atoms with E-state index in [1.807, 2.05) is 18.3 Å². The van der Waals surface area contributed by atoms with Crippen LogP contribution in [0.1, 0.15) is 24.3 Å². The number of fused-ring (bicyclic) bond motifs is 1. The summed E-state index contributed by atoms with van der Waals surface area (Å²) in [4.78, 5) is 1.30. The third kappa shape index (κ3) is 2.09. The Hall–Kier alpha value is -0.790. The Morgan fingerprint density at radius 2 is 2.13 bits per heavy atom. The molecule has 2 aromatic rings. The Morgan fingerprint density at radius 3 is 2.80 bits per heavy atom. The molecule has 0 spiro atoms. The van der Waals surface area contributed by atoms with Crippen molar-refractivity contribution in [2.45, 2.75) is 20.3 Å². The molecule has 0 radical (unpaired) electrons. The van der Waals surface area contributed by atoms with E-state index in [9.17, 15) is 0 Å². The number of aryl methyl sites for hydroxylation is 1. The van der Waals surface area contributed by atoms with Gasteiger partial charge in [-0.05, 0) is 36.4 Å². The van der Waals surface area contributed by atoms with Gasteiger partial charge in [-0.25, -0.2) is 0 Å². The lowest BCUT2D eigenvalue weighted by atomic mass is 10.1. The predicted octanol–water partition coefficient (Wildman–Crippen LogP) is 5.06. The van der Waals surface area contributed by atoms with E-state index in [2.05, 4.69) is 37.3 Å². The van der Waals surface area contributed by atoms with Crippen LogP contribution in [0.25, 0.3) is 16.2 Å². The minimum Gasteiger partial charge on any atom is -0.136 e. The van der Waals surface area contributed by atoms with Gasteiger partial charge in [0.15, 0.2) is 0 Å². The molecule has 0 saturated carbocycles. The Bertz CT molecular complexity index is 504. The molecule has 0 atom stereocenters. The summed E-state index contributed by atoms with van der Waals surface area (Å²) in [7, 11) is 0. The molecule has 1 aromatic heterocycles. The van der Waals surface area contributed by atoms with E-state index >= 15 is 0 Å². The van der Waals surface area contributed by atoms with E-state index < -0.39 is 0 Å². The fourth-order valence-electron chi connectivity index (χ4n) is 1.78. The molecule has 0 fully saturated rings. The van der Waals surface area contributed by atoms with Gasteiger partial charge >= 0.3 is 0 Å². The van der Waals surface area contributed by atoms with Crippen molar-refractivity contribution in [1.29, 1.82) is 0 Å². The SMILES string of the molecule is CCc1c(/C=C(\C)Cl)sc2ccccc12. The van der Waals surface area contributed by atoms with Crippen LogP contribution < -0.4 is 0 Å². The van der Waals surface area contributed by atoms with E-state index in [1.54, 1.807) is 0 Å². The van der Waals surface area contributed by atoms with Crippen molar-refractivity contribution in [3.05, 3.63) is 39.7 Å². The molecule has 0 aliphatic heterocycles. The molecular formula is C13H13ClS. The van der Waals surface area contributed by atoms with Gasteiger partial charge in [-0.3, -0.25) is 0 Å². The summed E-state index contributed by atoms with van der Waals surface area (Å²) < 4.78 is 1.35. The summed E-state index contributed by atoms with van der Waals surface area (Å²) in [6.45, 7) is 4.11. The monoisotopic (exact) mass is 236 g/mol. The fraction of sp³-hybridized carbons (Fsp3) is 0.231. The molecule has 0 bridgehead atoms. The topological polar surface area (TPSA) is 0 Å². The lowest BCUT2D eigenvalue weighted by molar-refractivity contribution is 1.17. The Morgan fingerprint density at radius 1 is 1.40 bits per heavy atom. The highest BCUT2D eigenvalue weighted by molar-refractivity contribution is 7.20. The Labute approximate surface area is 99.2 Å². The molecule has 0 aliphatic carbocycles. The van der Waals surface area contributed by atoms with Gasteiger partial charge in [-0.1, -0.05) is 36.7 Å². The first-order valence-electron chi connectivity index (χ1n) is 5.06. The number of halogens is 1. The molecular weight excluding hydrogens is 224 g/mol. The summed E-state index contributed by atoms with van der Waals surface area (Å²) in [5.74, 6) is 0. The molecule has 0 aliphatic rings. The second-order valence-corrected chi connectivity index (χ2v) is 5.21. The highest BCUT2D eigenvalue weighted by Crippen LogP contribution is 2.33. The van der Waals surface area contributed by atoms with Crippen LogP contribution in [-0.4, -0.2) is 0 Å². The summed E-state index contributed by atoms with van der Waals surface area (Å²) in [6.07, 6.45) is 3.12. The maximum Gasteiger partial charge on any atom is 0.0352 e. The number of hydrogen-bond donors (Lipinski definition) is 0. The minimum atomic E-state index is 0.844. The number of benzene rings is 1. The second-order valence-electron chi connectivity index (χ2n) is 3.53. The third-order valence-corrected chi connectivity index (χ3v) is 3.68. The van der Waals surface area contributed by atoms with Crippen LogP contribution in [0.4, 0.5) is 0 Å². The highest BCUT2D eigenvalue weighted by Gasteiger charge is 2.07. The van der Waals surface area contributed by atoms with Gasteiger partial charge in [0, 0.05) is 14.6 Å². The van der Waals surface area contributed by atoms with Crippen LogP contribution >= 0.6 is 22.9 Å². The summed E-state index contributed by atoms with van der Waals surface area (Å²) in [5, 5.41) is 2.21. The number of thiophene rings is 1. The summed E-state index contributed by atoms with van der Waals surface area (Å²) in [5.41, 5.74) is 1.41. The number of rotatable bonds is 2. The fourth-order valence-corrected chi connectivity index (χ4v) is 3.25. The lowest BCUT2D eigenvalue weighted by Crippen LogP contribution is -1.79. The van der Waals surface area contributed by atoms with Gasteiger partial charge in [0.05, 0.1) is 0 Å². The van der Waals surface area contributed by atoms with Crippen molar-refractivity contribution in [2.24, 2.45) is 0 Å². The van der Waals surface area contributed by atoms with E-state index in [4.69, 9.17) is 11.6 Å². The molecule has 1 aromatic carbocycles. The zero-order valence-electron chi connectivity index (χ0n) is 8.88. The summed E-state index contributed by atoms with van der Waals surface area (Å²) >= 11 is 7.75. The molecule has 0 unspecified atom stereocenters. The van der Waals surface area contributed by atoms with Crippen LogP contribution in [-0.2, 0) is 6.42 Å². The molecule has 0 nitrogen and oxygen atoms in total. The average Bonchev–Trinajstić information content (AvgIpc) is 2.53. The smallest absolute Gasteiger partial charge is 0.0352 e. The van der Waals surface area contributed by atoms with Crippen LogP contribution in [0.2, 0.25) is 0 Å². The van der Waals surface area contributed by atoms with Crippen molar-refractivity contribution < 1.29 is 0 Å². The first-order valence-corrected chi connectivity index (χ1v) is 6.26. The molecule has 0 saturated heterocycles. The van der Waals surface area contributed by atoms with Crippen molar-refractivity contribution in [1.82, 2.24) is 0 Å². The van der Waals surface area contributed by atoms with Crippen LogP contribution in [0.3, 0.4) is 0 Å². The van der Waals surface area contributed by atoms with Gasteiger partial charge in [0.2, 0.25) is 0 Å². The average molecular weight is 237 g/mol. The maximum absolute atomic E-state index is 5.94. The lowest BCUT2D eigenvalue weighted by Gasteiger charge is -1.96. The Kier molecular flexibility index (Phi) is 3.13. The summed E-state index contributed by atoms with van der Waals surface area (Å²) in [6, 6.07) is 8.53. The molecule has 78 valence electrons. The first-order chi connectivity index (χ1) is 7.22. The van der Waals surface area contributed by atoms with Gasteiger partial charge in [-0.2, -0.15) is 0 Å². The number of allylic oxidation sites excluding steroid dienone is 1. The van der Waals surface area contributed by atoms with Crippen LogP contribution in [0.15, 0.2) is 29.3 Å². The quantitative estimate of drug-likeness (QED) is 0.684. The van der Waals surface area contributed by atoms with E-state index in [1.165, 1.54) is 20.5 Å². The van der Waals surface area contributed by atoms with Crippen molar-refractivity contribution >= 4 is 39.1 Å². The first kappa shape index (κ1) is 10.7. The molecule has 2 heteroatoms. The van der Waals surface area contributed by atoms with Gasteiger partial charge in [0.1, 0.15) is 0 Å². The van der Waals surface area contributed by atoms with E-state index in [0.717, 1.165) is 11.5 Å². The zero-order valence-corrected chi connectivity index (χ0v) is 10.5. The molecule has 0 N–H and O–H groups in total. The minimum absolute atomic E-state index is 0.844. The van der Waals surface area contributed by atoms with Crippen molar-refractivity contribution in [2.75, 3.05) is 0 Å². The normalized spacial score (nSPS) is 12.3. The molecule has 2 rings (SSSR count). The standard InChI is InChI=1S/C13H13ClS/c1-3-10-11-6-4-5-7-12(11)15-13(10)8-9(2)14/h4-8H,3H2,1-2H3/b9-8+. The van der Waals surface area contributed by atoms with Crippen LogP contribution in [0.5, 0.6) is 0 Å². The van der Waals surface area contributed by atoms with Crippen molar-refractivity contribution in [3.8, 4) is 0 Å². The zero-order chi connectivity index (χ0) is 10.8. The number of hydrogen-bond acceptors (Lipinski definition) is 1. The Balaban J connectivity index is 2.69. The predicted molar refractivity (Wildman–Crippen MR) is 70.7 cm³/mol. The van der Waals surface area contributed by atoms with E-state index in [-0.39, 0.29) is 0 Å². The second kappa shape index (κ2) is 4.38. The molecule has 15 heavy (non-hydrogen) atoms. The van der Waals surface area contributed by atoms with E-state index in [0.29, 0.717) is 0 Å². The van der Waals surface area contributed by atoms with Gasteiger partial charge < -0.3 is 0 Å². The van der Waals surface area contributed by atoms with Crippen molar-refractivity contribution in [3.63, 3.8) is 0 Å².